The lowest BCUT2D eigenvalue weighted by Crippen LogP contribution is -2.38. The first-order chi connectivity index (χ1) is 28.7. The lowest BCUT2D eigenvalue weighted by molar-refractivity contribution is -0.309. The highest BCUT2D eigenvalue weighted by atomic mass is 16.4. The minimum atomic E-state index is -1.60. The maximum Gasteiger partial charge on any atom is 0.0493 e. The molecular formula is C41H38N4O16-8. The van der Waals surface area contributed by atoms with Crippen LogP contribution in [-0.4, -0.2) is 68.4 Å². The minimum Gasteiger partial charge on any atom is -0.550 e. The Morgan fingerprint density at radius 2 is 0.918 bits per heavy atom. The molecule has 3 aromatic rings. The zero-order valence-electron chi connectivity index (χ0n) is 32.7. The number of aromatic nitrogens is 3. The average molecular weight is 843 g/mol. The van der Waals surface area contributed by atoms with Crippen LogP contribution in [0.5, 0.6) is 0 Å². The predicted octanol–water partition coefficient (Wildman–Crippen LogP) is -7.58. The molecule has 2 aliphatic rings. The van der Waals surface area contributed by atoms with Crippen molar-refractivity contribution in [3.8, 4) is 0 Å². The molecule has 0 spiro atoms. The maximum atomic E-state index is 12.4. The molecule has 5 rings (SSSR count). The number of aliphatic carboxylic acids is 8. The van der Waals surface area contributed by atoms with Crippen LogP contribution < -0.4 is 40.9 Å². The summed E-state index contributed by atoms with van der Waals surface area (Å²) in [5, 5.41) is 96.1. The summed E-state index contributed by atoms with van der Waals surface area (Å²) in [4.78, 5) is 110. The molecule has 2 unspecified atom stereocenters. The van der Waals surface area contributed by atoms with E-state index in [1.54, 1.807) is 0 Å². The van der Waals surface area contributed by atoms with E-state index in [2.05, 4.69) is 15.0 Å². The van der Waals surface area contributed by atoms with E-state index in [9.17, 15) is 79.2 Å². The van der Waals surface area contributed by atoms with Gasteiger partial charge in [0.1, 0.15) is 0 Å². The van der Waals surface area contributed by atoms with Crippen molar-refractivity contribution in [2.24, 2.45) is 16.3 Å². The van der Waals surface area contributed by atoms with Crippen molar-refractivity contribution in [3.05, 3.63) is 73.2 Å². The summed E-state index contributed by atoms with van der Waals surface area (Å²) in [6.45, 7) is 1.47. The van der Waals surface area contributed by atoms with E-state index in [0.717, 1.165) is 0 Å². The summed E-state index contributed by atoms with van der Waals surface area (Å²) < 4.78 is 0. The minimum absolute atomic E-state index is 0.000721. The van der Waals surface area contributed by atoms with Gasteiger partial charge in [0.2, 0.25) is 0 Å². The van der Waals surface area contributed by atoms with Gasteiger partial charge in [-0.25, -0.2) is 0 Å². The van der Waals surface area contributed by atoms with E-state index in [1.165, 1.54) is 13.0 Å². The molecule has 0 saturated carbocycles. The van der Waals surface area contributed by atoms with Gasteiger partial charge in [-0.1, -0.05) is 6.92 Å². The van der Waals surface area contributed by atoms with Crippen molar-refractivity contribution in [2.75, 3.05) is 0 Å². The normalized spacial score (nSPS) is 17.9. The molecule has 0 fully saturated rings. The summed E-state index contributed by atoms with van der Waals surface area (Å²) in [6.07, 6.45) is -6.24. The van der Waals surface area contributed by atoms with Crippen LogP contribution in [0.25, 0.3) is 6.08 Å². The fourth-order valence-corrected chi connectivity index (χ4v) is 8.78. The van der Waals surface area contributed by atoms with Gasteiger partial charge in [0.15, 0.2) is 0 Å². The third-order valence-electron chi connectivity index (χ3n) is 11.3. The SMILES string of the molecule is CC1(CC(=O)[O-])/C2=C/c3[nH]c(c(CCC(=O)[O-])c3CC(=O)[O-])Cc3[nH]c(c(CC(=O)[O-])c3CCC(=O)[O-])Cc3[nH]c(c(CC(=O)[O-])c3CCC(=O)[O-])CC(=N2)C1CCC(=O)[O-]. The predicted molar refractivity (Wildman–Crippen MR) is 189 cm³/mol. The Morgan fingerprint density at radius 3 is 1.34 bits per heavy atom. The summed E-state index contributed by atoms with van der Waals surface area (Å²) in [5.74, 6) is -13.3. The Morgan fingerprint density at radius 1 is 0.525 bits per heavy atom. The van der Waals surface area contributed by atoms with Crippen molar-refractivity contribution < 1.29 is 79.2 Å². The van der Waals surface area contributed by atoms with E-state index in [4.69, 9.17) is 4.99 Å². The first-order valence-electron chi connectivity index (χ1n) is 19.2. The van der Waals surface area contributed by atoms with Crippen LogP contribution >= 0.6 is 0 Å². The highest BCUT2D eigenvalue weighted by Gasteiger charge is 2.46. The van der Waals surface area contributed by atoms with Crippen molar-refractivity contribution in [1.82, 2.24) is 15.0 Å². The molecule has 0 radical (unpaired) electrons. The Bertz CT molecular complexity index is 2380. The van der Waals surface area contributed by atoms with Gasteiger partial charge in [0.05, 0.1) is 0 Å². The molecule has 5 heterocycles. The van der Waals surface area contributed by atoms with E-state index >= 15 is 0 Å². The van der Waals surface area contributed by atoms with Gasteiger partial charge >= 0.3 is 0 Å². The van der Waals surface area contributed by atoms with E-state index in [-0.39, 0.29) is 124 Å². The van der Waals surface area contributed by atoms with Crippen LogP contribution in [0.2, 0.25) is 0 Å². The Balaban J connectivity index is 1.92. The second kappa shape index (κ2) is 18.5. The van der Waals surface area contributed by atoms with Crippen LogP contribution in [-0.2, 0) is 96.1 Å². The Kier molecular flexibility index (Phi) is 13.7. The van der Waals surface area contributed by atoms with E-state index in [1.807, 2.05) is 0 Å². The zero-order chi connectivity index (χ0) is 44.9. The Hall–Kier alpha value is -6.99. The molecular weight excluding hydrogens is 804 g/mol. The number of carboxylic acid groups (broad SMARTS) is 8. The number of H-pyrrole nitrogens is 3. The van der Waals surface area contributed by atoms with Gasteiger partial charge in [-0.3, -0.25) is 4.99 Å². The number of carboxylic acids is 8. The molecule has 0 saturated heterocycles. The fourth-order valence-electron chi connectivity index (χ4n) is 8.78. The molecule has 326 valence electrons. The molecule has 8 bridgehead atoms. The summed E-state index contributed by atoms with van der Waals surface area (Å²) >= 11 is 0. The molecule has 61 heavy (non-hydrogen) atoms. The number of rotatable bonds is 20. The van der Waals surface area contributed by atoms with Gasteiger partial charge < -0.3 is 94.2 Å². The van der Waals surface area contributed by atoms with Gasteiger partial charge in [-0.05, 0) is 97.2 Å². The van der Waals surface area contributed by atoms with Gasteiger partial charge in [0, 0.05) is 143 Å². The molecule has 0 aliphatic carbocycles. The molecule has 20 nitrogen and oxygen atoms in total. The molecule has 0 amide bonds. The maximum absolute atomic E-state index is 12.4. The smallest absolute Gasteiger partial charge is 0.0493 e. The number of nitrogens with one attached hydrogen (secondary N) is 3. The molecule has 0 aromatic carbocycles. The largest absolute Gasteiger partial charge is 0.550 e. The van der Waals surface area contributed by atoms with Gasteiger partial charge in [0.25, 0.3) is 0 Å². The summed E-state index contributed by atoms with van der Waals surface area (Å²) in [7, 11) is 0. The van der Waals surface area contributed by atoms with Crippen LogP contribution in [0.4, 0.5) is 0 Å². The highest BCUT2D eigenvalue weighted by molar-refractivity contribution is 5.95. The Labute approximate surface area is 346 Å². The van der Waals surface area contributed by atoms with Gasteiger partial charge in [-0.2, -0.15) is 0 Å². The zero-order valence-corrected chi connectivity index (χ0v) is 32.7. The average Bonchev–Trinajstić information content (AvgIpc) is 3.79. The second-order valence-corrected chi connectivity index (χ2v) is 15.4. The van der Waals surface area contributed by atoms with Crippen molar-refractivity contribution >= 4 is 59.5 Å². The number of aromatic amines is 3. The molecule has 3 N–H and O–H groups in total. The monoisotopic (exact) mass is 842 g/mol. The molecule has 2 atom stereocenters. The third-order valence-corrected chi connectivity index (χ3v) is 11.3. The first kappa shape index (κ1) is 45.1. The molecule has 3 aromatic heterocycles. The topological polar surface area (TPSA) is 381 Å². The highest BCUT2D eigenvalue weighted by Crippen LogP contribution is 2.49. The molecule has 2 aliphatic heterocycles. The number of allylic oxidation sites excluding steroid dienone is 1. The number of nitrogens with zero attached hydrogens (tertiary/aromatic N) is 1. The number of carbonyl (C=O) groups excluding carboxylic acids is 8. The van der Waals surface area contributed by atoms with Crippen LogP contribution in [0.1, 0.15) is 113 Å². The van der Waals surface area contributed by atoms with Crippen molar-refractivity contribution in [1.29, 1.82) is 0 Å². The fraction of sp³-hybridized carbons (Fsp3) is 0.439. The second-order valence-electron chi connectivity index (χ2n) is 15.4. The van der Waals surface area contributed by atoms with Crippen molar-refractivity contribution in [2.45, 2.75) is 103 Å². The number of aliphatic imine (C=N–C) groups is 1. The molecule has 20 heteroatoms. The summed E-state index contributed by atoms with van der Waals surface area (Å²) in [6, 6.07) is 0. The first-order valence-corrected chi connectivity index (χ1v) is 19.2. The van der Waals surface area contributed by atoms with E-state index < -0.39 is 110 Å². The lowest BCUT2D eigenvalue weighted by atomic mass is 9.69. The third kappa shape index (κ3) is 10.6. The van der Waals surface area contributed by atoms with Crippen LogP contribution in [0.15, 0.2) is 10.7 Å². The lowest BCUT2D eigenvalue weighted by Gasteiger charge is -2.34. The number of carbonyl (C=O) groups is 8. The number of hydrogen-bond acceptors (Lipinski definition) is 17. The van der Waals surface area contributed by atoms with Crippen LogP contribution in [0.3, 0.4) is 0 Å². The quantitative estimate of drug-likeness (QED) is 0.0951. The van der Waals surface area contributed by atoms with Crippen molar-refractivity contribution in [3.63, 3.8) is 0 Å². The summed E-state index contributed by atoms with van der Waals surface area (Å²) in [5.41, 5.74) is -0.0276. The van der Waals surface area contributed by atoms with Gasteiger partial charge in [-0.15, -0.1) is 0 Å². The standard InChI is InChI=1S/C41H46N4O16/c1-41(17-40(60)61)24(5-9-36(52)53)31-15-29-22(11-38(56)57)19(3-7-34(48)49)27(43-29)14-28-21(10-37(54)55)18(2-6-33(46)47)25(42-28)13-26-20(4-8-35(50)51)23(12-39(58)59)30(44-26)16-32(41)45-31/h16,24,42-44H,2-15,17H2,1H3,(H,46,47)(H,48,49)(H,50,51)(H,52,53)(H,54,55)(H,56,57)(H,58,59)(H,60,61)/p-8/b32-16-. The van der Waals surface area contributed by atoms with Crippen LogP contribution in [0, 0.1) is 11.3 Å². The number of fused-ring (bicyclic) bond motifs is 7. The number of hydrogen-bond donors (Lipinski definition) is 3. The van der Waals surface area contributed by atoms with E-state index in [0.29, 0.717) is 0 Å².